The van der Waals surface area contributed by atoms with Gasteiger partial charge in [0.15, 0.2) is 0 Å². The van der Waals surface area contributed by atoms with Crippen LogP contribution in [0.5, 0.6) is 0 Å². The van der Waals surface area contributed by atoms with Crippen LogP contribution in [0, 0.1) is 0 Å². The number of hydrogen-bond acceptors (Lipinski definition) is 1. The predicted octanol–water partition coefficient (Wildman–Crippen LogP) is -0.278. The topological polar surface area (TPSA) is 12.0 Å². The second-order valence-corrected chi connectivity index (χ2v) is 1.27. The molecule has 1 nitrogen and oxygen atoms in total. The number of allylic oxidation sites excluding steroid dienone is 4. The van der Waals surface area contributed by atoms with Gasteiger partial charge in [0.2, 0.25) is 0 Å². The zero-order valence-corrected chi connectivity index (χ0v) is 3.96. The van der Waals surface area contributed by atoms with E-state index in [-0.39, 0.29) is 17.6 Å². The third kappa shape index (κ3) is 2.69. The van der Waals surface area contributed by atoms with Crippen LogP contribution in [0.25, 0.3) is 0 Å². The Hall–Kier alpha value is -0.437. The van der Waals surface area contributed by atoms with Crippen LogP contribution in [0.2, 0.25) is 0 Å². The Morgan fingerprint density at radius 2 is 1.25 bits per heavy atom. The SMILES string of the molecule is C1=CC=CNC=C1.[GeH4]. The minimum absolute atomic E-state index is 0. The van der Waals surface area contributed by atoms with Crippen LogP contribution in [0.1, 0.15) is 0 Å². The Morgan fingerprint density at radius 3 is 1.75 bits per heavy atom. The van der Waals surface area contributed by atoms with Gasteiger partial charge in [0.25, 0.3) is 0 Å². The van der Waals surface area contributed by atoms with Crippen LogP contribution < -0.4 is 5.32 Å². The van der Waals surface area contributed by atoms with Gasteiger partial charge in [0.1, 0.15) is 0 Å². The average molecular weight is 170 g/mol. The summed E-state index contributed by atoms with van der Waals surface area (Å²) in [6.07, 6.45) is 11.6. The molecule has 1 aliphatic heterocycles. The van der Waals surface area contributed by atoms with Gasteiger partial charge in [-0.3, -0.25) is 0 Å². The molecule has 0 amide bonds. The predicted molar refractivity (Wildman–Crippen MR) is 41.9 cm³/mol. The van der Waals surface area contributed by atoms with Gasteiger partial charge >= 0.3 is 17.6 Å². The van der Waals surface area contributed by atoms with E-state index in [9.17, 15) is 0 Å². The minimum atomic E-state index is 0. The molecule has 1 rings (SSSR count). The van der Waals surface area contributed by atoms with Crippen molar-refractivity contribution in [3.8, 4) is 0 Å². The van der Waals surface area contributed by atoms with E-state index in [0.717, 1.165) is 0 Å². The summed E-state index contributed by atoms with van der Waals surface area (Å²) in [5.41, 5.74) is 0. The van der Waals surface area contributed by atoms with Gasteiger partial charge in [-0.1, -0.05) is 12.2 Å². The van der Waals surface area contributed by atoms with Crippen molar-refractivity contribution in [1.82, 2.24) is 5.32 Å². The van der Waals surface area contributed by atoms with E-state index in [1.165, 1.54) is 0 Å². The summed E-state index contributed by atoms with van der Waals surface area (Å²) in [5.74, 6) is 0. The standard InChI is InChI=1S/C6H7N.GeH4/c1-2-4-6-7-5-3-1;/h1-7H;1H4. The molecule has 44 valence electrons. The summed E-state index contributed by atoms with van der Waals surface area (Å²) in [5, 5.41) is 2.92. The molecule has 0 radical (unpaired) electrons. The molecule has 0 aromatic carbocycles. The fourth-order valence-corrected chi connectivity index (χ4v) is 0.406. The normalized spacial score (nSPS) is 14.0. The van der Waals surface area contributed by atoms with Gasteiger partial charge < -0.3 is 5.32 Å². The summed E-state index contributed by atoms with van der Waals surface area (Å²) >= 11 is 0. The summed E-state index contributed by atoms with van der Waals surface area (Å²) in [6.45, 7) is 0. The fourth-order valence-electron chi connectivity index (χ4n) is 0.406. The van der Waals surface area contributed by atoms with Crippen LogP contribution in [0.3, 0.4) is 0 Å². The summed E-state index contributed by atoms with van der Waals surface area (Å²) in [6, 6.07) is 0. The Labute approximate surface area is 60.1 Å². The monoisotopic (exact) mass is 171 g/mol. The second kappa shape index (κ2) is 4.72. The Kier molecular flexibility index (Phi) is 4.46. The molecule has 0 aromatic heterocycles. The van der Waals surface area contributed by atoms with Crippen molar-refractivity contribution in [2.75, 3.05) is 0 Å². The molecule has 2 heteroatoms. The third-order valence-corrected chi connectivity index (χ3v) is 0.718. The molecule has 1 N–H and O–H groups in total. The maximum atomic E-state index is 2.92. The second-order valence-electron chi connectivity index (χ2n) is 1.27. The van der Waals surface area contributed by atoms with E-state index >= 15 is 0 Å². The molecule has 0 atom stereocenters. The molecule has 0 saturated carbocycles. The van der Waals surface area contributed by atoms with Gasteiger partial charge in [-0.2, -0.15) is 0 Å². The number of rotatable bonds is 0. The van der Waals surface area contributed by atoms with Crippen LogP contribution >= 0.6 is 0 Å². The van der Waals surface area contributed by atoms with Crippen LogP contribution in [0.15, 0.2) is 36.7 Å². The molecule has 0 fully saturated rings. The van der Waals surface area contributed by atoms with Crippen molar-refractivity contribution in [3.05, 3.63) is 36.7 Å². The first-order valence-electron chi connectivity index (χ1n) is 2.24. The molecule has 8 heavy (non-hydrogen) atoms. The zero-order valence-electron chi connectivity index (χ0n) is 3.96. The van der Waals surface area contributed by atoms with E-state index in [1.807, 2.05) is 36.7 Å². The summed E-state index contributed by atoms with van der Waals surface area (Å²) in [7, 11) is 0. The zero-order chi connectivity index (χ0) is 4.95. The van der Waals surface area contributed by atoms with Crippen molar-refractivity contribution < 1.29 is 0 Å². The Morgan fingerprint density at radius 1 is 0.750 bits per heavy atom. The molecule has 0 aromatic rings. The van der Waals surface area contributed by atoms with Gasteiger partial charge in [-0.05, 0) is 12.2 Å². The van der Waals surface area contributed by atoms with Crippen molar-refractivity contribution in [3.63, 3.8) is 0 Å². The van der Waals surface area contributed by atoms with E-state index in [2.05, 4.69) is 5.32 Å². The van der Waals surface area contributed by atoms with E-state index in [0.29, 0.717) is 0 Å². The van der Waals surface area contributed by atoms with Crippen LogP contribution in [-0.4, -0.2) is 17.6 Å². The molecule has 0 bridgehead atoms. The molecule has 1 heterocycles. The summed E-state index contributed by atoms with van der Waals surface area (Å²) < 4.78 is 0. The van der Waals surface area contributed by atoms with Crippen molar-refractivity contribution in [2.45, 2.75) is 0 Å². The molecule has 1 aliphatic rings. The first-order valence-corrected chi connectivity index (χ1v) is 2.24. The number of nitrogens with one attached hydrogen (secondary N) is 1. The van der Waals surface area contributed by atoms with E-state index < -0.39 is 0 Å². The molecule has 0 saturated heterocycles. The van der Waals surface area contributed by atoms with Crippen molar-refractivity contribution in [1.29, 1.82) is 0 Å². The van der Waals surface area contributed by atoms with Gasteiger partial charge in [-0.25, -0.2) is 0 Å². The Balaban J connectivity index is 0.000000490. The summed E-state index contributed by atoms with van der Waals surface area (Å²) in [4.78, 5) is 0. The van der Waals surface area contributed by atoms with Crippen molar-refractivity contribution >= 4 is 17.6 Å². The first kappa shape index (κ1) is 7.56. The Bertz CT molecular complexity index is 110. The van der Waals surface area contributed by atoms with Gasteiger partial charge in [0, 0.05) is 12.4 Å². The maximum absolute atomic E-state index is 2.92. The average Bonchev–Trinajstić information content (AvgIpc) is 1.90. The quantitative estimate of drug-likeness (QED) is 0.493. The van der Waals surface area contributed by atoms with Crippen LogP contribution in [0.4, 0.5) is 0 Å². The van der Waals surface area contributed by atoms with E-state index in [4.69, 9.17) is 0 Å². The van der Waals surface area contributed by atoms with Gasteiger partial charge in [-0.15, -0.1) is 0 Å². The first-order chi connectivity index (χ1) is 3.50. The molecular formula is C6H11GeN. The number of hydrogen-bond donors (Lipinski definition) is 1. The fraction of sp³-hybridized carbons (Fsp3) is 0. The van der Waals surface area contributed by atoms with Crippen molar-refractivity contribution in [2.24, 2.45) is 0 Å². The third-order valence-electron chi connectivity index (χ3n) is 0.718. The van der Waals surface area contributed by atoms with Crippen LogP contribution in [-0.2, 0) is 0 Å². The molecule has 0 spiro atoms. The molecule has 0 aliphatic carbocycles. The van der Waals surface area contributed by atoms with Gasteiger partial charge in [0.05, 0.1) is 0 Å². The molecule has 0 unspecified atom stereocenters. The van der Waals surface area contributed by atoms with E-state index in [1.54, 1.807) is 0 Å². The molecular weight excluding hydrogens is 159 g/mol.